The first-order chi connectivity index (χ1) is 5.11. The molecule has 0 atom stereocenters. The van der Waals surface area contributed by atoms with Gasteiger partial charge in [-0.15, -0.1) is 0 Å². The molecule has 1 aromatic carbocycles. The number of hydrogen-bond donors (Lipinski definition) is 1. The van der Waals surface area contributed by atoms with Crippen molar-refractivity contribution in [3.63, 3.8) is 0 Å². The van der Waals surface area contributed by atoms with Crippen LogP contribution in [0.3, 0.4) is 0 Å². The molecule has 1 aromatic rings. The molecule has 0 unspecified atom stereocenters. The quantitative estimate of drug-likeness (QED) is 0.806. The van der Waals surface area contributed by atoms with Gasteiger partial charge in [-0.05, 0) is 56.7 Å². The summed E-state index contributed by atoms with van der Waals surface area (Å²) in [5.41, 5.74) is 0.297. The summed E-state index contributed by atoms with van der Waals surface area (Å²) in [5, 5.41) is 8.62. The monoisotopic (exact) mass is 326 g/mol. The first-order valence-corrected chi connectivity index (χ1v) is 4.67. The molecule has 0 saturated heterocycles. The average Bonchev–Trinajstić information content (AvgIpc) is 1.85. The lowest BCUT2D eigenvalue weighted by molar-refractivity contribution is 0.0696. The summed E-state index contributed by atoms with van der Waals surface area (Å²) in [6.45, 7) is 0. The van der Waals surface area contributed by atoms with Crippen LogP contribution in [-0.2, 0) is 0 Å². The molecule has 2 nitrogen and oxygen atoms in total. The van der Waals surface area contributed by atoms with Crippen molar-refractivity contribution in [1.29, 1.82) is 0 Å². The molecule has 0 saturated carbocycles. The van der Waals surface area contributed by atoms with Gasteiger partial charge in [-0.3, -0.25) is 0 Å². The van der Waals surface area contributed by atoms with Crippen molar-refractivity contribution < 1.29 is 9.90 Å². The molecule has 0 aromatic heterocycles. The van der Waals surface area contributed by atoms with Gasteiger partial charge in [-0.2, -0.15) is 0 Å². The third kappa shape index (κ3) is 2.16. The molecule has 0 bridgehead atoms. The Bertz CT molecular complexity index is 298. The number of rotatable bonds is 1. The van der Waals surface area contributed by atoms with Gasteiger partial charge < -0.3 is 5.11 Å². The predicted molar refractivity (Wildman–Crippen MR) is 53.8 cm³/mol. The van der Waals surface area contributed by atoms with E-state index in [0.29, 0.717) is 10.0 Å². The molecule has 0 aliphatic heterocycles. The van der Waals surface area contributed by atoms with Crippen LogP contribution in [0.5, 0.6) is 0 Å². The van der Waals surface area contributed by atoms with Crippen LogP contribution >= 0.6 is 38.5 Å². The Kier molecular flexibility index (Phi) is 2.89. The van der Waals surface area contributed by atoms with Crippen molar-refractivity contribution in [2.45, 2.75) is 0 Å². The van der Waals surface area contributed by atoms with Gasteiger partial charge in [-0.25, -0.2) is 4.79 Å². The third-order valence-electron chi connectivity index (χ3n) is 1.16. The molecule has 0 fully saturated rings. The molecule has 11 heavy (non-hydrogen) atoms. The Morgan fingerprint density at radius 3 is 2.64 bits per heavy atom. The van der Waals surface area contributed by atoms with E-state index >= 15 is 0 Å². The fourth-order valence-electron chi connectivity index (χ4n) is 0.663. The summed E-state index contributed by atoms with van der Waals surface area (Å²) >= 11 is 5.28. The standard InChI is InChI=1S/C7H4BrIO2/c8-6-3-4(9)1-2-5(6)7(10)11/h1-3H,(H,10,11). The summed E-state index contributed by atoms with van der Waals surface area (Å²) in [6, 6.07) is 5.10. The van der Waals surface area contributed by atoms with E-state index < -0.39 is 5.97 Å². The van der Waals surface area contributed by atoms with Gasteiger partial charge in [-0.1, -0.05) is 0 Å². The van der Waals surface area contributed by atoms with Gasteiger partial charge in [0.2, 0.25) is 0 Å². The van der Waals surface area contributed by atoms with E-state index in [0.717, 1.165) is 3.57 Å². The predicted octanol–water partition coefficient (Wildman–Crippen LogP) is 2.75. The normalized spacial score (nSPS) is 9.64. The summed E-state index contributed by atoms with van der Waals surface area (Å²) in [6.07, 6.45) is 0. The first-order valence-electron chi connectivity index (χ1n) is 2.79. The summed E-state index contributed by atoms with van der Waals surface area (Å²) < 4.78 is 1.64. The second-order valence-electron chi connectivity index (χ2n) is 1.93. The van der Waals surface area contributed by atoms with Crippen molar-refractivity contribution in [3.05, 3.63) is 31.8 Å². The molecule has 1 N–H and O–H groups in total. The highest BCUT2D eigenvalue weighted by molar-refractivity contribution is 14.1. The number of benzene rings is 1. The third-order valence-corrected chi connectivity index (χ3v) is 2.49. The molecular weight excluding hydrogens is 323 g/mol. The lowest BCUT2D eigenvalue weighted by Gasteiger charge is -1.97. The Hall–Kier alpha value is -0.100. The molecule has 0 amide bonds. The highest BCUT2D eigenvalue weighted by Gasteiger charge is 2.06. The fraction of sp³-hybridized carbons (Fsp3) is 0. The van der Waals surface area contributed by atoms with Crippen LogP contribution in [0.15, 0.2) is 22.7 Å². The van der Waals surface area contributed by atoms with E-state index in [1.807, 2.05) is 0 Å². The molecule has 1 rings (SSSR count). The molecule has 4 heteroatoms. The van der Waals surface area contributed by atoms with Gasteiger partial charge in [0.05, 0.1) is 5.56 Å². The van der Waals surface area contributed by atoms with Crippen LogP contribution in [-0.4, -0.2) is 11.1 Å². The van der Waals surface area contributed by atoms with Gasteiger partial charge in [0.15, 0.2) is 0 Å². The zero-order valence-corrected chi connectivity index (χ0v) is 9.09. The molecule has 0 aliphatic carbocycles. The summed E-state index contributed by atoms with van der Waals surface area (Å²) in [5.74, 6) is -0.909. The van der Waals surface area contributed by atoms with Gasteiger partial charge in [0.25, 0.3) is 0 Å². The van der Waals surface area contributed by atoms with Crippen molar-refractivity contribution >= 4 is 44.5 Å². The molecule has 0 radical (unpaired) electrons. The molecular formula is C7H4BrIO2. The van der Waals surface area contributed by atoms with Crippen LogP contribution in [0.1, 0.15) is 10.4 Å². The second kappa shape index (κ2) is 3.53. The van der Waals surface area contributed by atoms with Crippen LogP contribution < -0.4 is 0 Å². The fourth-order valence-corrected chi connectivity index (χ4v) is 2.13. The van der Waals surface area contributed by atoms with E-state index in [4.69, 9.17) is 5.11 Å². The van der Waals surface area contributed by atoms with Crippen LogP contribution in [0, 0.1) is 3.57 Å². The zero-order valence-electron chi connectivity index (χ0n) is 5.34. The summed E-state index contributed by atoms with van der Waals surface area (Å²) in [4.78, 5) is 10.5. The highest BCUT2D eigenvalue weighted by atomic mass is 127. The van der Waals surface area contributed by atoms with Gasteiger partial charge in [0, 0.05) is 8.04 Å². The number of carbonyl (C=O) groups is 1. The van der Waals surface area contributed by atoms with Crippen molar-refractivity contribution in [3.8, 4) is 0 Å². The topological polar surface area (TPSA) is 37.3 Å². The number of aromatic carboxylic acids is 1. The van der Waals surface area contributed by atoms with E-state index in [1.54, 1.807) is 18.2 Å². The minimum Gasteiger partial charge on any atom is -0.478 e. The first kappa shape index (κ1) is 8.99. The minimum absolute atomic E-state index is 0.297. The average molecular weight is 327 g/mol. The van der Waals surface area contributed by atoms with Crippen LogP contribution in [0.4, 0.5) is 0 Å². The Balaban J connectivity index is 3.20. The molecule has 58 valence electrons. The molecule has 0 heterocycles. The van der Waals surface area contributed by atoms with E-state index in [-0.39, 0.29) is 0 Å². The SMILES string of the molecule is O=C(O)c1ccc(I)cc1Br. The van der Waals surface area contributed by atoms with Crippen molar-refractivity contribution in [2.75, 3.05) is 0 Å². The zero-order chi connectivity index (χ0) is 8.43. The minimum atomic E-state index is -0.909. The van der Waals surface area contributed by atoms with E-state index in [2.05, 4.69) is 38.5 Å². The van der Waals surface area contributed by atoms with E-state index in [1.165, 1.54) is 0 Å². The lowest BCUT2D eigenvalue weighted by atomic mass is 10.2. The lowest BCUT2D eigenvalue weighted by Crippen LogP contribution is -1.96. The second-order valence-corrected chi connectivity index (χ2v) is 4.03. The largest absolute Gasteiger partial charge is 0.478 e. The number of carboxylic acids is 1. The van der Waals surface area contributed by atoms with Crippen LogP contribution in [0.2, 0.25) is 0 Å². The smallest absolute Gasteiger partial charge is 0.336 e. The van der Waals surface area contributed by atoms with E-state index in [9.17, 15) is 4.79 Å². The molecule has 0 spiro atoms. The van der Waals surface area contributed by atoms with Crippen molar-refractivity contribution in [1.82, 2.24) is 0 Å². The maximum atomic E-state index is 10.5. The maximum absolute atomic E-state index is 10.5. The Morgan fingerprint density at radius 1 is 1.55 bits per heavy atom. The highest BCUT2D eigenvalue weighted by Crippen LogP contribution is 2.19. The van der Waals surface area contributed by atoms with Crippen molar-refractivity contribution in [2.24, 2.45) is 0 Å². The summed E-state index contributed by atoms with van der Waals surface area (Å²) in [7, 11) is 0. The van der Waals surface area contributed by atoms with Gasteiger partial charge >= 0.3 is 5.97 Å². The molecule has 0 aliphatic rings. The number of carboxylic acid groups (broad SMARTS) is 1. The van der Waals surface area contributed by atoms with Gasteiger partial charge in [0.1, 0.15) is 0 Å². The number of hydrogen-bond acceptors (Lipinski definition) is 1. The number of halogens is 2. The van der Waals surface area contributed by atoms with Crippen LogP contribution in [0.25, 0.3) is 0 Å². The Labute approximate surface area is 85.9 Å². The Morgan fingerprint density at radius 2 is 2.18 bits per heavy atom. The maximum Gasteiger partial charge on any atom is 0.336 e.